The van der Waals surface area contributed by atoms with Gasteiger partial charge in [0.2, 0.25) is 0 Å². The smallest absolute Gasteiger partial charge is 0.161 e. The highest BCUT2D eigenvalue weighted by Crippen LogP contribution is 2.33. The van der Waals surface area contributed by atoms with E-state index in [-0.39, 0.29) is 23.0 Å². The summed E-state index contributed by atoms with van der Waals surface area (Å²) in [5, 5.41) is 38.5. The SMILES string of the molecule is Oc1cc2c(cc1O)CN(Cc1cccc(O)c1O)CC2. The van der Waals surface area contributed by atoms with Crippen molar-refractivity contribution in [2.45, 2.75) is 19.5 Å². The lowest BCUT2D eigenvalue weighted by Crippen LogP contribution is -2.30. The number of benzene rings is 2. The minimum atomic E-state index is -0.118. The van der Waals surface area contributed by atoms with Gasteiger partial charge < -0.3 is 20.4 Å². The minimum absolute atomic E-state index is 0.0862. The quantitative estimate of drug-likeness (QED) is 0.635. The zero-order chi connectivity index (χ0) is 15.0. The molecule has 21 heavy (non-hydrogen) atoms. The Labute approximate surface area is 122 Å². The van der Waals surface area contributed by atoms with Crippen LogP contribution in [0.25, 0.3) is 0 Å². The summed E-state index contributed by atoms with van der Waals surface area (Å²) in [6, 6.07) is 8.11. The van der Waals surface area contributed by atoms with Crippen LogP contribution in [-0.4, -0.2) is 31.9 Å². The first kappa shape index (κ1) is 13.6. The molecule has 0 radical (unpaired) electrons. The number of phenolic OH excluding ortho intramolecular Hbond substituents is 4. The number of rotatable bonds is 2. The Kier molecular flexibility index (Phi) is 3.35. The Hall–Kier alpha value is -2.40. The summed E-state index contributed by atoms with van der Waals surface area (Å²) >= 11 is 0. The molecule has 0 unspecified atom stereocenters. The third-order valence-corrected chi connectivity index (χ3v) is 3.88. The van der Waals surface area contributed by atoms with Crippen LogP contribution >= 0.6 is 0 Å². The van der Waals surface area contributed by atoms with Crippen LogP contribution in [0, 0.1) is 0 Å². The van der Waals surface area contributed by atoms with Gasteiger partial charge in [-0.1, -0.05) is 12.1 Å². The van der Waals surface area contributed by atoms with Crippen LogP contribution in [0.4, 0.5) is 0 Å². The highest BCUT2D eigenvalue weighted by atomic mass is 16.3. The second kappa shape index (κ2) is 5.18. The number of hydrogen-bond donors (Lipinski definition) is 4. The van der Waals surface area contributed by atoms with Crippen molar-refractivity contribution in [3.8, 4) is 23.0 Å². The van der Waals surface area contributed by atoms with Crippen molar-refractivity contribution in [2.24, 2.45) is 0 Å². The molecule has 1 aliphatic heterocycles. The molecule has 0 spiro atoms. The van der Waals surface area contributed by atoms with Gasteiger partial charge in [0.25, 0.3) is 0 Å². The number of hydrogen-bond acceptors (Lipinski definition) is 5. The maximum Gasteiger partial charge on any atom is 0.161 e. The third-order valence-electron chi connectivity index (χ3n) is 3.88. The molecule has 0 bridgehead atoms. The average Bonchev–Trinajstić information content (AvgIpc) is 2.45. The Balaban J connectivity index is 1.80. The van der Waals surface area contributed by atoms with Crippen LogP contribution in [0.5, 0.6) is 23.0 Å². The van der Waals surface area contributed by atoms with Gasteiger partial charge >= 0.3 is 0 Å². The molecule has 0 aliphatic carbocycles. The molecule has 5 nitrogen and oxygen atoms in total. The molecule has 1 aliphatic rings. The molecule has 5 heteroatoms. The summed E-state index contributed by atoms with van der Waals surface area (Å²) in [5.41, 5.74) is 2.67. The van der Waals surface area contributed by atoms with Gasteiger partial charge in [0.05, 0.1) is 0 Å². The predicted octanol–water partition coefficient (Wildman–Crippen LogP) is 2.07. The molecule has 3 rings (SSSR count). The van der Waals surface area contributed by atoms with Gasteiger partial charge in [0.15, 0.2) is 23.0 Å². The molecule has 0 saturated carbocycles. The van der Waals surface area contributed by atoms with Crippen LogP contribution in [0.15, 0.2) is 30.3 Å². The Morgan fingerprint density at radius 1 is 0.905 bits per heavy atom. The lowest BCUT2D eigenvalue weighted by atomic mass is 9.98. The number of para-hydroxylation sites is 1. The molecular formula is C16H17NO4. The predicted molar refractivity (Wildman–Crippen MR) is 77.4 cm³/mol. The number of aromatic hydroxyl groups is 4. The van der Waals surface area contributed by atoms with Crippen LogP contribution in [-0.2, 0) is 19.5 Å². The largest absolute Gasteiger partial charge is 0.504 e. The van der Waals surface area contributed by atoms with Crippen molar-refractivity contribution in [1.29, 1.82) is 0 Å². The van der Waals surface area contributed by atoms with Gasteiger partial charge in [-0.2, -0.15) is 0 Å². The Morgan fingerprint density at radius 2 is 1.62 bits per heavy atom. The lowest BCUT2D eigenvalue weighted by Gasteiger charge is -2.29. The standard InChI is InChI=1S/C16H17NO4/c18-13-3-1-2-11(16(13)21)8-17-5-4-10-6-14(19)15(20)7-12(10)9-17/h1-3,6-7,18-21H,4-5,8-9H2. The van der Waals surface area contributed by atoms with Gasteiger partial charge in [-0.15, -0.1) is 0 Å². The molecule has 4 N–H and O–H groups in total. The van der Waals surface area contributed by atoms with Crippen molar-refractivity contribution >= 4 is 0 Å². The van der Waals surface area contributed by atoms with E-state index in [9.17, 15) is 20.4 Å². The number of fused-ring (bicyclic) bond motifs is 1. The van der Waals surface area contributed by atoms with Crippen LogP contribution in [0.2, 0.25) is 0 Å². The van der Waals surface area contributed by atoms with Gasteiger partial charge in [-0.05, 0) is 35.7 Å². The summed E-state index contributed by atoms with van der Waals surface area (Å²) in [4.78, 5) is 2.12. The molecule has 0 atom stereocenters. The molecule has 0 saturated heterocycles. The van der Waals surface area contributed by atoms with Crippen LogP contribution < -0.4 is 0 Å². The fraction of sp³-hybridized carbons (Fsp3) is 0.250. The fourth-order valence-corrected chi connectivity index (χ4v) is 2.72. The average molecular weight is 287 g/mol. The summed E-state index contributed by atoms with van der Waals surface area (Å²) in [6.45, 7) is 1.92. The summed E-state index contributed by atoms with van der Waals surface area (Å²) in [5.74, 6) is -0.409. The van der Waals surface area contributed by atoms with E-state index >= 15 is 0 Å². The topological polar surface area (TPSA) is 84.2 Å². The molecular weight excluding hydrogens is 270 g/mol. The van der Waals surface area contributed by atoms with Crippen LogP contribution in [0.3, 0.4) is 0 Å². The second-order valence-corrected chi connectivity index (χ2v) is 5.36. The Bertz CT molecular complexity index is 684. The normalized spacial score (nSPS) is 14.9. The van der Waals surface area contributed by atoms with Crippen molar-refractivity contribution < 1.29 is 20.4 Å². The molecule has 2 aromatic carbocycles. The van der Waals surface area contributed by atoms with Crippen molar-refractivity contribution in [3.05, 3.63) is 47.0 Å². The van der Waals surface area contributed by atoms with Gasteiger partial charge in [-0.3, -0.25) is 4.90 Å². The van der Waals surface area contributed by atoms with E-state index in [1.54, 1.807) is 24.3 Å². The van der Waals surface area contributed by atoms with Gasteiger partial charge in [-0.25, -0.2) is 0 Å². The molecule has 0 aromatic heterocycles. The van der Waals surface area contributed by atoms with E-state index in [4.69, 9.17) is 0 Å². The van der Waals surface area contributed by atoms with E-state index in [1.807, 2.05) is 0 Å². The monoisotopic (exact) mass is 287 g/mol. The Morgan fingerprint density at radius 3 is 2.38 bits per heavy atom. The first-order chi connectivity index (χ1) is 10.0. The van der Waals surface area contributed by atoms with Gasteiger partial charge in [0, 0.05) is 25.2 Å². The molecule has 2 aromatic rings. The highest BCUT2D eigenvalue weighted by Gasteiger charge is 2.19. The molecule has 1 heterocycles. The van der Waals surface area contributed by atoms with E-state index < -0.39 is 0 Å². The first-order valence-corrected chi connectivity index (χ1v) is 6.80. The van der Waals surface area contributed by atoms with E-state index in [0.29, 0.717) is 18.7 Å². The van der Waals surface area contributed by atoms with E-state index in [0.717, 1.165) is 24.1 Å². The molecule has 110 valence electrons. The van der Waals surface area contributed by atoms with Crippen LogP contribution in [0.1, 0.15) is 16.7 Å². The molecule has 0 amide bonds. The van der Waals surface area contributed by atoms with E-state index in [2.05, 4.69) is 4.90 Å². The zero-order valence-corrected chi connectivity index (χ0v) is 11.5. The van der Waals surface area contributed by atoms with Gasteiger partial charge in [0.1, 0.15) is 0 Å². The lowest BCUT2D eigenvalue weighted by molar-refractivity contribution is 0.240. The summed E-state index contributed by atoms with van der Waals surface area (Å²) in [7, 11) is 0. The number of nitrogens with zero attached hydrogens (tertiary/aromatic N) is 1. The minimum Gasteiger partial charge on any atom is -0.504 e. The summed E-state index contributed by atoms with van der Waals surface area (Å²) in [6.07, 6.45) is 0.767. The van der Waals surface area contributed by atoms with Crippen molar-refractivity contribution in [3.63, 3.8) is 0 Å². The maximum absolute atomic E-state index is 9.85. The van der Waals surface area contributed by atoms with Crippen molar-refractivity contribution in [1.82, 2.24) is 4.90 Å². The maximum atomic E-state index is 9.85. The third kappa shape index (κ3) is 2.60. The zero-order valence-electron chi connectivity index (χ0n) is 11.5. The second-order valence-electron chi connectivity index (χ2n) is 5.36. The number of phenols is 4. The fourth-order valence-electron chi connectivity index (χ4n) is 2.72. The van der Waals surface area contributed by atoms with Crippen molar-refractivity contribution in [2.75, 3.05) is 6.54 Å². The highest BCUT2D eigenvalue weighted by molar-refractivity contribution is 5.47. The molecule has 0 fully saturated rings. The van der Waals surface area contributed by atoms with E-state index in [1.165, 1.54) is 6.07 Å². The first-order valence-electron chi connectivity index (χ1n) is 6.80. The summed E-state index contributed by atoms with van der Waals surface area (Å²) < 4.78 is 0.